The first-order chi connectivity index (χ1) is 12.4. The van der Waals surface area contributed by atoms with E-state index in [1.54, 1.807) is 12.1 Å². The number of nitrogens with zero attached hydrogens (tertiary/aromatic N) is 3. The van der Waals surface area contributed by atoms with Crippen molar-refractivity contribution in [3.63, 3.8) is 0 Å². The summed E-state index contributed by atoms with van der Waals surface area (Å²) in [5.74, 6) is -3.53. The Labute approximate surface area is 147 Å². The lowest BCUT2D eigenvalue weighted by Gasteiger charge is -2.32. The Kier molecular flexibility index (Phi) is 3.53. The monoisotopic (exact) mass is 357 g/mol. The second-order valence-electron chi connectivity index (χ2n) is 6.42. The van der Waals surface area contributed by atoms with Gasteiger partial charge in [0.2, 0.25) is 5.91 Å². The Balaban J connectivity index is 1.73. The van der Waals surface area contributed by atoms with Crippen molar-refractivity contribution in [3.8, 4) is 0 Å². The van der Waals surface area contributed by atoms with Gasteiger partial charge in [0.05, 0.1) is 11.1 Å². The fourth-order valence-corrected chi connectivity index (χ4v) is 3.78. The second-order valence-corrected chi connectivity index (χ2v) is 6.42. The molecule has 134 valence electrons. The highest BCUT2D eigenvalue weighted by Crippen LogP contribution is 2.31. The van der Waals surface area contributed by atoms with Crippen molar-refractivity contribution in [2.45, 2.75) is 31.3 Å². The van der Waals surface area contributed by atoms with Crippen molar-refractivity contribution in [1.29, 1.82) is 0 Å². The maximum atomic E-state index is 13.0. The number of carboxylic acids is 1. The van der Waals surface area contributed by atoms with Crippen molar-refractivity contribution < 1.29 is 29.1 Å². The van der Waals surface area contributed by atoms with Gasteiger partial charge in [-0.05, 0) is 18.6 Å². The molecular formula is C17H15N3O6. The smallest absolute Gasteiger partial charge is 0.328 e. The van der Waals surface area contributed by atoms with E-state index in [1.807, 2.05) is 0 Å². The van der Waals surface area contributed by atoms with Gasteiger partial charge in [-0.2, -0.15) is 0 Å². The third kappa shape index (κ3) is 2.13. The SMILES string of the molecule is O=C(O)[C@@H]1CCN2C(=O)CCC(N3C(=O)c4ccccc4C3=O)C(=O)N12. The van der Waals surface area contributed by atoms with E-state index in [0.717, 1.165) is 14.9 Å². The van der Waals surface area contributed by atoms with Crippen LogP contribution < -0.4 is 0 Å². The van der Waals surface area contributed by atoms with E-state index in [0.29, 0.717) is 0 Å². The summed E-state index contributed by atoms with van der Waals surface area (Å²) in [7, 11) is 0. The molecule has 3 heterocycles. The molecule has 26 heavy (non-hydrogen) atoms. The molecule has 0 aromatic heterocycles. The molecule has 1 N–H and O–H groups in total. The number of hydrazine groups is 1. The Morgan fingerprint density at radius 1 is 1.00 bits per heavy atom. The molecule has 0 saturated carbocycles. The van der Waals surface area contributed by atoms with Crippen LogP contribution in [0.5, 0.6) is 0 Å². The highest BCUT2D eigenvalue weighted by atomic mass is 16.4. The normalized spacial score (nSPS) is 25.5. The molecule has 1 aromatic rings. The zero-order valence-electron chi connectivity index (χ0n) is 13.6. The molecule has 4 amide bonds. The summed E-state index contributed by atoms with van der Waals surface area (Å²) in [4.78, 5) is 63.0. The molecule has 2 fully saturated rings. The summed E-state index contributed by atoms with van der Waals surface area (Å²) >= 11 is 0. The number of carbonyl (C=O) groups is 5. The number of aliphatic carboxylic acids is 1. The molecule has 9 heteroatoms. The van der Waals surface area contributed by atoms with E-state index in [1.165, 1.54) is 12.1 Å². The minimum absolute atomic E-state index is 0.0253. The minimum Gasteiger partial charge on any atom is -0.480 e. The van der Waals surface area contributed by atoms with Crippen LogP contribution in [0.4, 0.5) is 0 Å². The first kappa shape index (κ1) is 16.2. The highest BCUT2D eigenvalue weighted by molar-refractivity contribution is 6.23. The number of carbonyl (C=O) groups excluding carboxylic acids is 4. The fraction of sp³-hybridized carbons (Fsp3) is 0.353. The molecule has 3 aliphatic rings. The van der Waals surface area contributed by atoms with E-state index < -0.39 is 35.8 Å². The highest BCUT2D eigenvalue weighted by Gasteiger charge is 2.51. The molecule has 2 atom stereocenters. The molecular weight excluding hydrogens is 342 g/mol. The van der Waals surface area contributed by atoms with E-state index in [9.17, 15) is 29.1 Å². The lowest BCUT2D eigenvalue weighted by atomic mass is 10.1. The minimum atomic E-state index is -1.23. The predicted octanol–water partition coefficient (Wildman–Crippen LogP) is -0.126. The van der Waals surface area contributed by atoms with Gasteiger partial charge >= 0.3 is 5.97 Å². The van der Waals surface area contributed by atoms with Crippen LogP contribution in [-0.4, -0.2) is 68.3 Å². The van der Waals surface area contributed by atoms with Gasteiger partial charge in [-0.1, -0.05) is 12.1 Å². The van der Waals surface area contributed by atoms with Crippen molar-refractivity contribution in [3.05, 3.63) is 35.4 Å². The fourth-order valence-electron chi connectivity index (χ4n) is 3.78. The topological polar surface area (TPSA) is 115 Å². The van der Waals surface area contributed by atoms with Crippen LogP contribution in [0.2, 0.25) is 0 Å². The Hall–Kier alpha value is -3.23. The van der Waals surface area contributed by atoms with E-state index in [4.69, 9.17) is 0 Å². The Bertz CT molecular complexity index is 831. The maximum Gasteiger partial charge on any atom is 0.328 e. The molecule has 0 aliphatic carbocycles. The van der Waals surface area contributed by atoms with Gasteiger partial charge in [-0.15, -0.1) is 0 Å². The molecule has 9 nitrogen and oxygen atoms in total. The van der Waals surface area contributed by atoms with Crippen LogP contribution >= 0.6 is 0 Å². The van der Waals surface area contributed by atoms with Crippen LogP contribution in [0.15, 0.2) is 24.3 Å². The average molecular weight is 357 g/mol. The summed E-state index contributed by atoms with van der Waals surface area (Å²) in [5.41, 5.74) is 0.405. The van der Waals surface area contributed by atoms with E-state index in [-0.39, 0.29) is 42.8 Å². The Morgan fingerprint density at radius 2 is 1.62 bits per heavy atom. The summed E-state index contributed by atoms with van der Waals surface area (Å²) in [6, 6.07) is 3.87. The molecule has 1 aromatic carbocycles. The van der Waals surface area contributed by atoms with Crippen molar-refractivity contribution in [2.24, 2.45) is 0 Å². The third-order valence-electron chi connectivity index (χ3n) is 5.02. The first-order valence-electron chi connectivity index (χ1n) is 8.25. The number of benzene rings is 1. The van der Waals surface area contributed by atoms with Gasteiger partial charge in [-0.3, -0.25) is 29.1 Å². The third-order valence-corrected chi connectivity index (χ3v) is 5.02. The van der Waals surface area contributed by atoms with Crippen LogP contribution in [0.1, 0.15) is 40.0 Å². The summed E-state index contributed by atoms with van der Waals surface area (Å²) < 4.78 is 0. The van der Waals surface area contributed by atoms with Gasteiger partial charge in [-0.25, -0.2) is 9.80 Å². The molecule has 0 radical (unpaired) electrons. The molecule has 3 aliphatic heterocycles. The molecule has 0 spiro atoms. The van der Waals surface area contributed by atoms with Gasteiger partial charge in [0.15, 0.2) is 6.04 Å². The second kappa shape index (κ2) is 5.65. The van der Waals surface area contributed by atoms with Crippen LogP contribution in [0, 0.1) is 0 Å². The predicted molar refractivity (Wildman–Crippen MR) is 84.6 cm³/mol. The van der Waals surface area contributed by atoms with Crippen LogP contribution in [-0.2, 0) is 14.4 Å². The number of amides is 4. The molecule has 2 saturated heterocycles. The standard InChI is InChI=1S/C17H15N3O6/c21-13-6-5-11(16(24)20-12(17(25)26)7-8-18(13)20)19-14(22)9-3-1-2-4-10(9)15(19)23/h1-4,11-12H,5-8H2,(H,25,26)/t11?,12-/m0/s1. The van der Waals surface area contributed by atoms with Gasteiger partial charge in [0.1, 0.15) is 6.04 Å². The number of hydrogen-bond acceptors (Lipinski definition) is 5. The number of fused-ring (bicyclic) bond motifs is 2. The number of carboxylic acid groups (broad SMARTS) is 1. The maximum absolute atomic E-state index is 13.0. The van der Waals surface area contributed by atoms with Gasteiger partial charge < -0.3 is 5.11 Å². The van der Waals surface area contributed by atoms with E-state index in [2.05, 4.69) is 0 Å². The van der Waals surface area contributed by atoms with Crippen LogP contribution in [0.3, 0.4) is 0 Å². The molecule has 1 unspecified atom stereocenters. The summed E-state index contributed by atoms with van der Waals surface area (Å²) in [5, 5.41) is 11.4. The van der Waals surface area contributed by atoms with Crippen molar-refractivity contribution in [2.75, 3.05) is 6.54 Å². The van der Waals surface area contributed by atoms with Crippen molar-refractivity contribution in [1.82, 2.24) is 14.9 Å². The lowest BCUT2D eigenvalue weighted by molar-refractivity contribution is -0.166. The zero-order chi connectivity index (χ0) is 18.6. The van der Waals surface area contributed by atoms with Gasteiger partial charge in [0, 0.05) is 19.4 Å². The van der Waals surface area contributed by atoms with Gasteiger partial charge in [0.25, 0.3) is 17.7 Å². The largest absolute Gasteiger partial charge is 0.480 e. The molecule has 4 rings (SSSR count). The first-order valence-corrected chi connectivity index (χ1v) is 8.25. The van der Waals surface area contributed by atoms with Crippen LogP contribution in [0.25, 0.3) is 0 Å². The summed E-state index contributed by atoms with van der Waals surface area (Å²) in [6.07, 6.45) is 0.0385. The average Bonchev–Trinajstić information content (AvgIpc) is 3.14. The zero-order valence-corrected chi connectivity index (χ0v) is 13.6. The quantitative estimate of drug-likeness (QED) is 0.738. The number of imide groups is 1. The van der Waals surface area contributed by atoms with Crippen molar-refractivity contribution >= 4 is 29.6 Å². The lowest BCUT2D eigenvalue weighted by Crippen LogP contribution is -2.56. The summed E-state index contributed by atoms with van der Waals surface area (Å²) in [6.45, 7) is 0.121. The van der Waals surface area contributed by atoms with E-state index >= 15 is 0 Å². The number of rotatable bonds is 2. The number of hydrogen-bond donors (Lipinski definition) is 1. The molecule has 0 bridgehead atoms. The Morgan fingerprint density at radius 3 is 2.19 bits per heavy atom.